The number of carbonyl (C=O) groups excluding carboxylic acids is 2. The number of fused-ring (bicyclic) bond motifs is 1. The molecule has 0 aromatic heterocycles. The second-order valence-electron chi connectivity index (χ2n) is 6.74. The molecule has 3 rings (SSSR count). The number of thioether (sulfide) groups is 1. The SMILES string of the molecule is CNCCCCCC(=O)Nc1cccc(C2=NNC(=O)C3CSCCN23)c1. The van der Waals surface area contributed by atoms with Crippen molar-refractivity contribution >= 4 is 35.1 Å². The largest absolute Gasteiger partial charge is 0.341 e. The van der Waals surface area contributed by atoms with E-state index >= 15 is 0 Å². The second-order valence-corrected chi connectivity index (χ2v) is 7.89. The van der Waals surface area contributed by atoms with Gasteiger partial charge in [0, 0.05) is 35.7 Å². The van der Waals surface area contributed by atoms with Gasteiger partial charge in [0.25, 0.3) is 5.91 Å². The van der Waals surface area contributed by atoms with Gasteiger partial charge in [-0.3, -0.25) is 9.59 Å². The average Bonchev–Trinajstić information content (AvgIpc) is 2.68. The number of amides is 2. The van der Waals surface area contributed by atoms with Gasteiger partial charge in [-0.05, 0) is 38.6 Å². The van der Waals surface area contributed by atoms with Crippen molar-refractivity contribution in [2.45, 2.75) is 31.7 Å². The van der Waals surface area contributed by atoms with Crippen LogP contribution < -0.4 is 16.1 Å². The molecule has 0 aliphatic carbocycles. The normalized spacial score (nSPS) is 19.1. The van der Waals surface area contributed by atoms with Crippen LogP contribution in [0.5, 0.6) is 0 Å². The quantitative estimate of drug-likeness (QED) is 0.588. The van der Waals surface area contributed by atoms with Crippen LogP contribution in [0.4, 0.5) is 5.69 Å². The number of hydrogen-bond acceptors (Lipinski definition) is 6. The van der Waals surface area contributed by atoms with Gasteiger partial charge >= 0.3 is 0 Å². The van der Waals surface area contributed by atoms with Crippen molar-refractivity contribution in [3.63, 3.8) is 0 Å². The summed E-state index contributed by atoms with van der Waals surface area (Å²) >= 11 is 1.79. The zero-order valence-electron chi connectivity index (χ0n) is 15.7. The van der Waals surface area contributed by atoms with Gasteiger partial charge < -0.3 is 15.5 Å². The molecule has 1 saturated heterocycles. The van der Waals surface area contributed by atoms with E-state index < -0.39 is 0 Å². The Morgan fingerprint density at radius 1 is 1.37 bits per heavy atom. The summed E-state index contributed by atoms with van der Waals surface area (Å²) in [6.45, 7) is 1.78. The fourth-order valence-electron chi connectivity index (χ4n) is 3.28. The predicted molar refractivity (Wildman–Crippen MR) is 110 cm³/mol. The molecular formula is C19H27N5O2S. The van der Waals surface area contributed by atoms with Crippen LogP contribution in [-0.2, 0) is 9.59 Å². The lowest BCUT2D eigenvalue weighted by atomic mass is 10.1. The molecule has 0 bridgehead atoms. The summed E-state index contributed by atoms with van der Waals surface area (Å²) in [6, 6.07) is 7.50. The number of carbonyl (C=O) groups is 2. The van der Waals surface area contributed by atoms with Gasteiger partial charge in [0.15, 0.2) is 5.84 Å². The molecular weight excluding hydrogens is 362 g/mol. The fourth-order valence-corrected chi connectivity index (χ4v) is 4.32. The highest BCUT2D eigenvalue weighted by Gasteiger charge is 2.35. The standard InChI is InChI=1S/C19H27N5O2S/c1-20-9-4-2-3-8-17(25)21-15-7-5-6-14(12-15)18-22-23-19(26)16-13-27-11-10-24(16)18/h5-7,12,16,20H,2-4,8-11,13H2,1H3,(H,21,25)(H,23,26). The predicted octanol–water partition coefficient (Wildman–Crippen LogP) is 1.61. The lowest BCUT2D eigenvalue weighted by molar-refractivity contribution is -0.125. The molecule has 2 aliphatic rings. The lowest BCUT2D eigenvalue weighted by Gasteiger charge is -2.38. The molecule has 146 valence electrons. The Kier molecular flexibility index (Phi) is 7.11. The minimum absolute atomic E-state index is 0.0303. The maximum Gasteiger partial charge on any atom is 0.263 e. The van der Waals surface area contributed by atoms with Crippen LogP contribution in [0.25, 0.3) is 0 Å². The molecule has 0 saturated carbocycles. The molecule has 1 fully saturated rings. The molecule has 2 aliphatic heterocycles. The first-order valence-electron chi connectivity index (χ1n) is 9.46. The third-order valence-electron chi connectivity index (χ3n) is 4.71. The molecule has 3 N–H and O–H groups in total. The molecule has 2 heterocycles. The van der Waals surface area contributed by atoms with E-state index in [9.17, 15) is 9.59 Å². The number of benzene rings is 1. The smallest absolute Gasteiger partial charge is 0.263 e. The lowest BCUT2D eigenvalue weighted by Crippen LogP contribution is -2.57. The monoisotopic (exact) mass is 389 g/mol. The third-order valence-corrected chi connectivity index (χ3v) is 5.73. The van der Waals surface area contributed by atoms with Crippen LogP contribution in [0.1, 0.15) is 31.2 Å². The highest BCUT2D eigenvalue weighted by Crippen LogP contribution is 2.23. The average molecular weight is 390 g/mol. The Bertz CT molecular complexity index is 709. The van der Waals surface area contributed by atoms with Gasteiger partial charge in [-0.15, -0.1) is 0 Å². The molecule has 7 nitrogen and oxygen atoms in total. The van der Waals surface area contributed by atoms with E-state index in [0.717, 1.165) is 60.9 Å². The number of unbranched alkanes of at least 4 members (excludes halogenated alkanes) is 2. The van der Waals surface area contributed by atoms with E-state index in [-0.39, 0.29) is 17.9 Å². The fraction of sp³-hybridized carbons (Fsp3) is 0.526. The topological polar surface area (TPSA) is 85.8 Å². The molecule has 27 heavy (non-hydrogen) atoms. The van der Waals surface area contributed by atoms with Gasteiger partial charge in [0.05, 0.1) is 0 Å². The van der Waals surface area contributed by atoms with Crippen LogP contribution in [0, 0.1) is 0 Å². The van der Waals surface area contributed by atoms with Crippen LogP contribution in [0.3, 0.4) is 0 Å². The van der Waals surface area contributed by atoms with E-state index in [0.29, 0.717) is 6.42 Å². The summed E-state index contributed by atoms with van der Waals surface area (Å²) in [5.41, 5.74) is 4.30. The first-order chi connectivity index (χ1) is 13.2. The van der Waals surface area contributed by atoms with Crippen molar-refractivity contribution in [1.29, 1.82) is 0 Å². The molecule has 1 aromatic carbocycles. The van der Waals surface area contributed by atoms with Crippen LogP contribution in [0.2, 0.25) is 0 Å². The highest BCUT2D eigenvalue weighted by atomic mass is 32.2. The Balaban J connectivity index is 1.61. The molecule has 8 heteroatoms. The Morgan fingerprint density at radius 2 is 2.26 bits per heavy atom. The molecule has 0 spiro atoms. The number of hydrazone groups is 1. The van der Waals surface area contributed by atoms with E-state index in [1.165, 1.54) is 0 Å². The third kappa shape index (κ3) is 5.23. The van der Waals surface area contributed by atoms with Gasteiger partial charge in [-0.1, -0.05) is 18.6 Å². The van der Waals surface area contributed by atoms with Gasteiger partial charge in [0.2, 0.25) is 5.91 Å². The Morgan fingerprint density at radius 3 is 3.11 bits per heavy atom. The zero-order valence-corrected chi connectivity index (χ0v) is 16.5. The van der Waals surface area contributed by atoms with Crippen molar-refractivity contribution in [2.24, 2.45) is 5.10 Å². The summed E-state index contributed by atoms with van der Waals surface area (Å²) in [4.78, 5) is 26.3. The zero-order chi connectivity index (χ0) is 19.1. The Hall–Kier alpha value is -2.06. The van der Waals surface area contributed by atoms with Gasteiger partial charge in [-0.25, -0.2) is 5.43 Å². The number of hydrogen-bond donors (Lipinski definition) is 3. The molecule has 0 radical (unpaired) electrons. The summed E-state index contributed by atoms with van der Waals surface area (Å²) in [6.07, 6.45) is 3.54. The van der Waals surface area contributed by atoms with E-state index in [1.54, 1.807) is 11.8 Å². The van der Waals surface area contributed by atoms with Crippen molar-refractivity contribution in [3.8, 4) is 0 Å². The van der Waals surface area contributed by atoms with Crippen molar-refractivity contribution in [2.75, 3.05) is 37.0 Å². The minimum Gasteiger partial charge on any atom is -0.341 e. The summed E-state index contributed by atoms with van der Waals surface area (Å²) < 4.78 is 0. The van der Waals surface area contributed by atoms with Crippen molar-refractivity contribution in [1.82, 2.24) is 15.6 Å². The highest BCUT2D eigenvalue weighted by molar-refractivity contribution is 7.99. The summed E-state index contributed by atoms with van der Waals surface area (Å²) in [5.74, 6) is 2.50. The molecule has 1 unspecified atom stereocenters. The maximum absolute atomic E-state index is 12.2. The van der Waals surface area contributed by atoms with Crippen LogP contribution >= 0.6 is 11.8 Å². The first kappa shape index (κ1) is 19.7. The second kappa shape index (κ2) is 9.75. The first-order valence-corrected chi connectivity index (χ1v) is 10.6. The number of amidine groups is 1. The minimum atomic E-state index is -0.174. The van der Waals surface area contributed by atoms with E-state index in [2.05, 4.69) is 26.1 Å². The van der Waals surface area contributed by atoms with Crippen molar-refractivity contribution in [3.05, 3.63) is 29.8 Å². The number of nitrogens with one attached hydrogen (secondary N) is 3. The summed E-state index contributed by atoms with van der Waals surface area (Å²) in [5, 5.41) is 10.4. The van der Waals surface area contributed by atoms with Gasteiger partial charge in [-0.2, -0.15) is 16.9 Å². The number of nitrogens with zero attached hydrogens (tertiary/aromatic N) is 2. The van der Waals surface area contributed by atoms with Crippen LogP contribution in [-0.4, -0.2) is 60.2 Å². The molecule has 1 aromatic rings. The number of rotatable bonds is 8. The maximum atomic E-state index is 12.2. The Labute approximate surface area is 164 Å². The summed E-state index contributed by atoms with van der Waals surface area (Å²) in [7, 11) is 1.94. The van der Waals surface area contributed by atoms with Gasteiger partial charge in [0.1, 0.15) is 6.04 Å². The molecule has 1 atom stereocenters. The molecule has 2 amide bonds. The van der Waals surface area contributed by atoms with E-state index in [4.69, 9.17) is 0 Å². The van der Waals surface area contributed by atoms with Crippen molar-refractivity contribution < 1.29 is 9.59 Å². The van der Waals surface area contributed by atoms with E-state index in [1.807, 2.05) is 31.3 Å². The number of anilines is 1. The van der Waals surface area contributed by atoms with Crippen LogP contribution in [0.15, 0.2) is 29.4 Å².